The maximum Gasteiger partial charge on any atom is 0.312 e. The largest absolute Gasteiger partial charge is 0.481 e. The minimum atomic E-state index is -3.95. The van der Waals surface area contributed by atoms with E-state index < -0.39 is 21.9 Å². The van der Waals surface area contributed by atoms with Crippen LogP contribution in [0.1, 0.15) is 11.5 Å². The number of anilines is 1. The van der Waals surface area contributed by atoms with Crippen molar-refractivity contribution in [1.82, 2.24) is 0 Å². The van der Waals surface area contributed by atoms with Gasteiger partial charge in [-0.2, -0.15) is 0 Å². The first-order valence-electron chi connectivity index (χ1n) is 8.74. The third-order valence-electron chi connectivity index (χ3n) is 4.69. The Labute approximate surface area is 166 Å². The molecule has 1 N–H and O–H groups in total. The first-order valence-corrected chi connectivity index (χ1v) is 10.2. The van der Waals surface area contributed by atoms with Crippen molar-refractivity contribution < 1.29 is 27.4 Å². The van der Waals surface area contributed by atoms with E-state index in [2.05, 4.69) is 0 Å². The Hall–Kier alpha value is -3.39. The molecule has 0 fully saturated rings. The average molecular weight is 413 g/mol. The van der Waals surface area contributed by atoms with Crippen LogP contribution in [0.4, 0.5) is 10.1 Å². The molecule has 0 aliphatic carbocycles. The number of nitrogens with zero attached hydrogens (tertiary/aromatic N) is 1. The van der Waals surface area contributed by atoms with Gasteiger partial charge in [0, 0.05) is 0 Å². The molecule has 1 aliphatic heterocycles. The highest BCUT2D eigenvalue weighted by atomic mass is 32.2. The van der Waals surface area contributed by atoms with Crippen molar-refractivity contribution in [3.63, 3.8) is 0 Å². The summed E-state index contributed by atoms with van der Waals surface area (Å²) in [5.41, 5.74) is 0.839. The van der Waals surface area contributed by atoms with Crippen LogP contribution in [0.2, 0.25) is 0 Å². The van der Waals surface area contributed by atoms with Crippen LogP contribution in [-0.2, 0) is 14.8 Å². The highest BCUT2D eigenvalue weighted by Crippen LogP contribution is 2.39. The summed E-state index contributed by atoms with van der Waals surface area (Å²) in [5.74, 6) is -1.56. The van der Waals surface area contributed by atoms with Crippen LogP contribution in [0.25, 0.3) is 0 Å². The molecule has 4 rings (SSSR count). The van der Waals surface area contributed by atoms with Crippen molar-refractivity contribution in [1.29, 1.82) is 0 Å². The maximum absolute atomic E-state index is 13.1. The van der Waals surface area contributed by atoms with Gasteiger partial charge in [-0.05, 0) is 60.2 Å². The van der Waals surface area contributed by atoms with Gasteiger partial charge < -0.3 is 9.84 Å². The average Bonchev–Trinajstić information content (AvgIpc) is 3.11. The van der Waals surface area contributed by atoms with Gasteiger partial charge >= 0.3 is 5.97 Å². The Morgan fingerprint density at radius 3 is 2.17 bits per heavy atom. The van der Waals surface area contributed by atoms with Gasteiger partial charge in [-0.25, -0.2) is 12.8 Å². The van der Waals surface area contributed by atoms with Gasteiger partial charge in [0.25, 0.3) is 10.0 Å². The molecule has 148 valence electrons. The Bertz CT molecular complexity index is 1160. The molecule has 3 aromatic carbocycles. The van der Waals surface area contributed by atoms with Gasteiger partial charge in [0.2, 0.25) is 0 Å². The van der Waals surface area contributed by atoms with Crippen LogP contribution in [0.5, 0.6) is 11.5 Å². The van der Waals surface area contributed by atoms with E-state index in [9.17, 15) is 22.7 Å². The fourth-order valence-electron chi connectivity index (χ4n) is 3.26. The number of hydrogen-bond acceptors (Lipinski definition) is 4. The lowest BCUT2D eigenvalue weighted by atomic mass is 10.0. The van der Waals surface area contributed by atoms with Crippen molar-refractivity contribution in [2.75, 3.05) is 10.8 Å². The minimum Gasteiger partial charge on any atom is -0.481 e. The minimum absolute atomic E-state index is 0.0183. The van der Waals surface area contributed by atoms with Crippen molar-refractivity contribution in [2.45, 2.75) is 10.8 Å². The highest BCUT2D eigenvalue weighted by Gasteiger charge is 2.39. The topological polar surface area (TPSA) is 83.9 Å². The number of ether oxygens (including phenoxy) is 1. The molecule has 3 aromatic rings. The van der Waals surface area contributed by atoms with E-state index in [1.54, 1.807) is 24.3 Å². The molecule has 0 bridgehead atoms. The normalized spacial score (nSPS) is 15.8. The van der Waals surface area contributed by atoms with Crippen LogP contribution in [0, 0.1) is 5.82 Å². The zero-order valence-corrected chi connectivity index (χ0v) is 15.8. The van der Waals surface area contributed by atoms with E-state index in [1.165, 1.54) is 48.5 Å². The van der Waals surface area contributed by atoms with Crippen molar-refractivity contribution in [3.05, 3.63) is 84.2 Å². The number of aliphatic carboxylic acids is 1. The van der Waals surface area contributed by atoms with Gasteiger partial charge in [0.15, 0.2) is 0 Å². The summed E-state index contributed by atoms with van der Waals surface area (Å²) in [6.45, 7) is -0.162. The van der Waals surface area contributed by atoms with Crippen LogP contribution in [0.3, 0.4) is 0 Å². The Kier molecular flexibility index (Phi) is 4.71. The van der Waals surface area contributed by atoms with E-state index in [1.807, 2.05) is 0 Å². The predicted molar refractivity (Wildman–Crippen MR) is 104 cm³/mol. The second-order valence-electron chi connectivity index (χ2n) is 6.51. The lowest BCUT2D eigenvalue weighted by Crippen LogP contribution is -2.31. The molecule has 0 radical (unpaired) electrons. The number of fused-ring (bicyclic) bond motifs is 1. The zero-order valence-electron chi connectivity index (χ0n) is 15.0. The quantitative estimate of drug-likeness (QED) is 0.684. The first-order chi connectivity index (χ1) is 13.9. The van der Waals surface area contributed by atoms with E-state index in [4.69, 9.17) is 4.74 Å². The molecule has 6 nitrogen and oxygen atoms in total. The Balaban J connectivity index is 1.61. The van der Waals surface area contributed by atoms with Crippen LogP contribution in [0.15, 0.2) is 77.7 Å². The van der Waals surface area contributed by atoms with Gasteiger partial charge in [-0.1, -0.05) is 18.2 Å². The van der Waals surface area contributed by atoms with E-state index >= 15 is 0 Å². The summed E-state index contributed by atoms with van der Waals surface area (Å²) < 4.78 is 45.9. The van der Waals surface area contributed by atoms with E-state index in [-0.39, 0.29) is 17.3 Å². The fourth-order valence-corrected chi connectivity index (χ4v) is 4.76. The van der Waals surface area contributed by atoms with Crippen molar-refractivity contribution in [3.8, 4) is 11.5 Å². The summed E-state index contributed by atoms with van der Waals surface area (Å²) in [5, 5.41) is 9.45. The van der Waals surface area contributed by atoms with Crippen molar-refractivity contribution in [2.24, 2.45) is 0 Å². The number of benzene rings is 3. The lowest BCUT2D eigenvalue weighted by Gasteiger charge is -2.20. The monoisotopic (exact) mass is 413 g/mol. The highest BCUT2D eigenvalue weighted by molar-refractivity contribution is 7.92. The molecule has 0 spiro atoms. The second kappa shape index (κ2) is 7.21. The molecular weight excluding hydrogens is 397 g/mol. The summed E-state index contributed by atoms with van der Waals surface area (Å²) in [7, 11) is -3.95. The van der Waals surface area contributed by atoms with Gasteiger partial charge in [-0.15, -0.1) is 0 Å². The van der Waals surface area contributed by atoms with E-state index in [0.717, 1.165) is 4.31 Å². The number of carboxylic acids is 1. The third-order valence-corrected chi connectivity index (χ3v) is 6.48. The van der Waals surface area contributed by atoms with Gasteiger partial charge in [0.05, 0.1) is 17.1 Å². The summed E-state index contributed by atoms with van der Waals surface area (Å²) in [6, 6.07) is 17.8. The van der Waals surface area contributed by atoms with Gasteiger partial charge in [0.1, 0.15) is 23.2 Å². The molecule has 0 saturated carbocycles. The number of sulfonamides is 1. The number of halogens is 1. The van der Waals surface area contributed by atoms with Crippen molar-refractivity contribution >= 4 is 21.7 Å². The zero-order chi connectivity index (χ0) is 20.6. The van der Waals surface area contributed by atoms with Gasteiger partial charge in [-0.3, -0.25) is 9.10 Å². The third kappa shape index (κ3) is 3.54. The number of carboxylic acid groups (broad SMARTS) is 1. The molecule has 0 amide bonds. The molecule has 1 unspecified atom stereocenters. The number of hydrogen-bond donors (Lipinski definition) is 1. The van der Waals surface area contributed by atoms with Crippen LogP contribution >= 0.6 is 0 Å². The fraction of sp³-hybridized carbons (Fsp3) is 0.0952. The summed E-state index contributed by atoms with van der Waals surface area (Å²) >= 11 is 0. The Morgan fingerprint density at radius 1 is 0.966 bits per heavy atom. The Morgan fingerprint density at radius 2 is 1.55 bits per heavy atom. The number of carbonyl (C=O) groups is 1. The summed E-state index contributed by atoms with van der Waals surface area (Å²) in [6.07, 6.45) is 0. The summed E-state index contributed by atoms with van der Waals surface area (Å²) in [4.78, 5) is 11.6. The number of para-hydroxylation sites is 1. The predicted octanol–water partition coefficient (Wildman–Crippen LogP) is 4.00. The molecule has 0 saturated heterocycles. The molecule has 1 aliphatic rings. The molecular formula is C21H16FNO5S. The smallest absolute Gasteiger partial charge is 0.312 e. The maximum atomic E-state index is 13.1. The van der Waals surface area contributed by atoms with E-state index in [0.29, 0.717) is 22.7 Å². The molecule has 0 aromatic heterocycles. The second-order valence-corrected chi connectivity index (χ2v) is 8.38. The molecule has 29 heavy (non-hydrogen) atoms. The first kappa shape index (κ1) is 18.9. The van der Waals surface area contributed by atoms with Crippen LogP contribution in [-0.4, -0.2) is 26.0 Å². The lowest BCUT2D eigenvalue weighted by molar-refractivity contribution is -0.138. The number of rotatable bonds is 5. The molecule has 1 heterocycles. The van der Waals surface area contributed by atoms with Crippen LogP contribution < -0.4 is 9.04 Å². The molecule has 1 atom stereocenters. The SMILES string of the molecule is O=C(O)C1CN(S(=O)(=O)c2ccc(Oc3ccc(F)cc3)cc2)c2ccccc21. The standard InChI is InChI=1S/C21H16FNO5S/c22-14-5-7-15(8-6-14)28-16-9-11-17(12-10-16)29(26,27)23-13-19(21(24)25)18-3-1-2-4-20(18)23/h1-12,19H,13H2,(H,24,25). The molecule has 8 heteroatoms.